The molecule has 0 saturated carbocycles. The van der Waals surface area contributed by atoms with Crippen LogP contribution in [0.4, 0.5) is 11.4 Å². The van der Waals surface area contributed by atoms with Crippen LogP contribution in [0.5, 0.6) is 0 Å². The van der Waals surface area contributed by atoms with E-state index in [4.69, 9.17) is 0 Å². The molecule has 0 spiro atoms. The first-order chi connectivity index (χ1) is 7.81. The van der Waals surface area contributed by atoms with Gasteiger partial charge < -0.3 is 15.0 Å². The maximum absolute atomic E-state index is 11.5. The average Bonchev–Trinajstić information content (AvgIpc) is 2.45. The zero-order chi connectivity index (χ0) is 11.4. The lowest BCUT2D eigenvalue weighted by molar-refractivity contribution is -0.116. The molecular formula is C12H14N2O2. The predicted molar refractivity (Wildman–Crippen MR) is 62.6 cm³/mol. The number of rotatable bonds is 3. The first kappa shape index (κ1) is 10.7. The van der Waals surface area contributed by atoms with E-state index in [1.165, 1.54) is 0 Å². The molecule has 0 atom stereocenters. The summed E-state index contributed by atoms with van der Waals surface area (Å²) in [7, 11) is 0. The summed E-state index contributed by atoms with van der Waals surface area (Å²) in [5, 5.41) is 2.86. The van der Waals surface area contributed by atoms with Crippen LogP contribution in [0.15, 0.2) is 24.3 Å². The summed E-state index contributed by atoms with van der Waals surface area (Å²) in [6.45, 7) is 1.33. The fraction of sp³-hybridized carbons (Fsp3) is 0.333. The number of hydrogen-bond donors (Lipinski definition) is 1. The summed E-state index contributed by atoms with van der Waals surface area (Å²) in [4.78, 5) is 23.9. The lowest BCUT2D eigenvalue weighted by Gasteiger charge is -2.22. The number of nitrogens with one attached hydrogen (secondary N) is 1. The Morgan fingerprint density at radius 2 is 2.19 bits per heavy atom. The van der Waals surface area contributed by atoms with Gasteiger partial charge in [0.15, 0.2) is 0 Å². The van der Waals surface area contributed by atoms with E-state index in [9.17, 15) is 9.59 Å². The van der Waals surface area contributed by atoms with Gasteiger partial charge in [-0.3, -0.25) is 4.79 Å². The molecule has 0 unspecified atom stereocenters. The van der Waals surface area contributed by atoms with Crippen molar-refractivity contribution in [1.82, 2.24) is 0 Å². The summed E-state index contributed by atoms with van der Waals surface area (Å²) >= 11 is 0. The van der Waals surface area contributed by atoms with Crippen LogP contribution < -0.4 is 10.2 Å². The molecule has 0 bridgehead atoms. The van der Waals surface area contributed by atoms with Crippen molar-refractivity contribution in [1.29, 1.82) is 0 Å². The van der Waals surface area contributed by atoms with Crippen LogP contribution >= 0.6 is 0 Å². The molecular weight excluding hydrogens is 204 g/mol. The molecule has 0 aliphatic carbocycles. The minimum absolute atomic E-state index is 0.0288. The van der Waals surface area contributed by atoms with Gasteiger partial charge >= 0.3 is 0 Å². The van der Waals surface area contributed by atoms with E-state index in [0.29, 0.717) is 25.9 Å². The number of benzene rings is 1. The van der Waals surface area contributed by atoms with Crippen LogP contribution in [0.2, 0.25) is 0 Å². The Balaban J connectivity index is 2.27. The van der Waals surface area contributed by atoms with E-state index in [1.54, 1.807) is 0 Å². The van der Waals surface area contributed by atoms with Gasteiger partial charge in [-0.25, -0.2) is 0 Å². The highest BCUT2D eigenvalue weighted by Gasteiger charge is 2.17. The Kier molecular flexibility index (Phi) is 3.19. The number of amides is 1. The molecule has 1 amide bonds. The summed E-state index contributed by atoms with van der Waals surface area (Å²) in [5.41, 5.74) is 1.83. The Morgan fingerprint density at radius 3 is 3.00 bits per heavy atom. The molecule has 1 N–H and O–H groups in total. The van der Waals surface area contributed by atoms with Gasteiger partial charge in [0.2, 0.25) is 5.91 Å². The molecule has 0 saturated heterocycles. The molecule has 1 aromatic rings. The number of aldehydes is 1. The number of anilines is 2. The second-order valence-corrected chi connectivity index (χ2v) is 3.76. The molecule has 4 nitrogen and oxygen atoms in total. The summed E-state index contributed by atoms with van der Waals surface area (Å²) < 4.78 is 0. The maximum atomic E-state index is 11.5. The standard InChI is InChI=1S/C12H14N2O2/c15-9-3-7-14-8-6-12(16)13-10-4-1-2-5-11(10)14/h1-2,4-5,9H,3,6-8H2,(H,13,16). The highest BCUT2D eigenvalue weighted by atomic mass is 16.1. The average molecular weight is 218 g/mol. The molecule has 1 aliphatic rings. The van der Waals surface area contributed by atoms with Gasteiger partial charge in [-0.15, -0.1) is 0 Å². The van der Waals surface area contributed by atoms with Crippen LogP contribution in [-0.4, -0.2) is 25.3 Å². The van der Waals surface area contributed by atoms with E-state index >= 15 is 0 Å². The third-order valence-corrected chi connectivity index (χ3v) is 2.64. The first-order valence-electron chi connectivity index (χ1n) is 5.39. The fourth-order valence-corrected chi connectivity index (χ4v) is 1.87. The van der Waals surface area contributed by atoms with Crippen molar-refractivity contribution in [3.05, 3.63) is 24.3 Å². The van der Waals surface area contributed by atoms with Crippen molar-refractivity contribution in [3.63, 3.8) is 0 Å². The molecule has 16 heavy (non-hydrogen) atoms. The number of nitrogens with zero attached hydrogens (tertiary/aromatic N) is 1. The fourth-order valence-electron chi connectivity index (χ4n) is 1.87. The van der Waals surface area contributed by atoms with E-state index < -0.39 is 0 Å². The topological polar surface area (TPSA) is 49.4 Å². The first-order valence-corrected chi connectivity index (χ1v) is 5.39. The second kappa shape index (κ2) is 4.79. The van der Waals surface area contributed by atoms with Crippen molar-refractivity contribution in [3.8, 4) is 0 Å². The molecule has 4 heteroatoms. The van der Waals surface area contributed by atoms with E-state index in [1.807, 2.05) is 24.3 Å². The van der Waals surface area contributed by atoms with E-state index in [-0.39, 0.29) is 5.91 Å². The normalized spacial score (nSPS) is 15.0. The molecule has 1 aliphatic heterocycles. The zero-order valence-corrected chi connectivity index (χ0v) is 8.98. The highest BCUT2D eigenvalue weighted by Crippen LogP contribution is 2.28. The van der Waals surface area contributed by atoms with Crippen LogP contribution in [0.25, 0.3) is 0 Å². The SMILES string of the molecule is O=CCCN1CCC(=O)Nc2ccccc21. The van der Waals surface area contributed by atoms with Gasteiger partial charge in [0.25, 0.3) is 0 Å². The lowest BCUT2D eigenvalue weighted by atomic mass is 10.2. The van der Waals surface area contributed by atoms with Gasteiger partial charge in [-0.2, -0.15) is 0 Å². The van der Waals surface area contributed by atoms with Gasteiger partial charge in [0.05, 0.1) is 11.4 Å². The maximum Gasteiger partial charge on any atom is 0.226 e. The van der Waals surface area contributed by atoms with Crippen molar-refractivity contribution >= 4 is 23.6 Å². The third-order valence-electron chi connectivity index (χ3n) is 2.64. The monoisotopic (exact) mass is 218 g/mol. The van der Waals surface area contributed by atoms with Crippen molar-refractivity contribution in [2.45, 2.75) is 12.8 Å². The van der Waals surface area contributed by atoms with Gasteiger partial charge in [0.1, 0.15) is 6.29 Å². The number of hydrogen-bond acceptors (Lipinski definition) is 3. The quantitative estimate of drug-likeness (QED) is 0.781. The Labute approximate surface area is 94.2 Å². The van der Waals surface area contributed by atoms with Crippen LogP contribution in [0.3, 0.4) is 0 Å². The smallest absolute Gasteiger partial charge is 0.226 e. The van der Waals surface area contributed by atoms with Crippen LogP contribution in [-0.2, 0) is 9.59 Å². The lowest BCUT2D eigenvalue weighted by Crippen LogP contribution is -2.25. The minimum atomic E-state index is 0.0288. The molecule has 0 fully saturated rings. The molecule has 84 valence electrons. The summed E-state index contributed by atoms with van der Waals surface area (Å²) in [5.74, 6) is 0.0288. The molecule has 0 aromatic heterocycles. The summed E-state index contributed by atoms with van der Waals surface area (Å²) in [6.07, 6.45) is 1.86. The molecule has 0 radical (unpaired) electrons. The highest BCUT2D eigenvalue weighted by molar-refractivity contribution is 5.96. The number of carbonyl (C=O) groups excluding carboxylic acids is 2. The van der Waals surface area contributed by atoms with E-state index in [2.05, 4.69) is 10.2 Å². The Morgan fingerprint density at radius 1 is 1.38 bits per heavy atom. The predicted octanol–water partition coefficient (Wildman–Crippen LogP) is 1.42. The summed E-state index contributed by atoms with van der Waals surface area (Å²) in [6, 6.07) is 7.67. The van der Waals surface area contributed by atoms with Gasteiger partial charge in [-0.1, -0.05) is 12.1 Å². The number of fused-ring (bicyclic) bond motifs is 1. The van der Waals surface area contributed by atoms with Gasteiger partial charge in [-0.05, 0) is 12.1 Å². The number of para-hydroxylation sites is 2. The zero-order valence-electron chi connectivity index (χ0n) is 8.98. The second-order valence-electron chi connectivity index (χ2n) is 3.76. The Bertz CT molecular complexity index is 404. The van der Waals surface area contributed by atoms with Crippen molar-refractivity contribution in [2.75, 3.05) is 23.3 Å². The largest absolute Gasteiger partial charge is 0.369 e. The molecule has 2 rings (SSSR count). The minimum Gasteiger partial charge on any atom is -0.369 e. The third kappa shape index (κ3) is 2.21. The van der Waals surface area contributed by atoms with E-state index in [0.717, 1.165) is 17.7 Å². The number of carbonyl (C=O) groups is 2. The van der Waals surface area contributed by atoms with Crippen molar-refractivity contribution in [2.24, 2.45) is 0 Å². The van der Waals surface area contributed by atoms with Crippen molar-refractivity contribution < 1.29 is 9.59 Å². The van der Waals surface area contributed by atoms with Crippen LogP contribution in [0.1, 0.15) is 12.8 Å². The molecule has 1 heterocycles. The molecule has 1 aromatic carbocycles. The Hall–Kier alpha value is -1.84. The van der Waals surface area contributed by atoms with Gasteiger partial charge in [0, 0.05) is 25.9 Å². The van der Waals surface area contributed by atoms with Crippen LogP contribution in [0, 0.1) is 0 Å².